The van der Waals surface area contributed by atoms with Crippen molar-refractivity contribution in [2.24, 2.45) is 0 Å². The van der Waals surface area contributed by atoms with Crippen LogP contribution in [0.15, 0.2) is 34.3 Å². The van der Waals surface area contributed by atoms with E-state index < -0.39 is 10.0 Å². The van der Waals surface area contributed by atoms with Gasteiger partial charge in [0.1, 0.15) is 6.54 Å². The predicted octanol–water partition coefficient (Wildman–Crippen LogP) is 1.29. The first-order valence-electron chi connectivity index (χ1n) is 9.00. The highest BCUT2D eigenvalue weighted by molar-refractivity contribution is 7.99. The van der Waals surface area contributed by atoms with Crippen molar-refractivity contribution < 1.29 is 13.2 Å². The molecular weight excluding hydrogens is 414 g/mol. The predicted molar refractivity (Wildman–Crippen MR) is 108 cm³/mol. The molecule has 3 rings (SSSR count). The van der Waals surface area contributed by atoms with Gasteiger partial charge in [-0.15, -0.1) is 10.2 Å². The van der Waals surface area contributed by atoms with Gasteiger partial charge in [-0.05, 0) is 37.1 Å². The summed E-state index contributed by atoms with van der Waals surface area (Å²) in [4.78, 5) is 12.5. The lowest BCUT2D eigenvalue weighted by atomic mass is 10.2. The molecule has 1 aromatic heterocycles. The number of hydrogen-bond donors (Lipinski definition) is 2. The average molecular weight is 436 g/mol. The van der Waals surface area contributed by atoms with Crippen molar-refractivity contribution in [1.29, 1.82) is 5.26 Å². The van der Waals surface area contributed by atoms with Gasteiger partial charge in [0.25, 0.3) is 0 Å². The second kappa shape index (κ2) is 9.25. The number of nitrogens with zero attached hydrogens (tertiary/aromatic N) is 5. The maximum absolute atomic E-state index is 12.7. The van der Waals surface area contributed by atoms with Gasteiger partial charge in [-0.2, -0.15) is 9.57 Å². The highest BCUT2D eigenvalue weighted by atomic mass is 32.2. The van der Waals surface area contributed by atoms with Crippen LogP contribution in [0.3, 0.4) is 0 Å². The van der Waals surface area contributed by atoms with E-state index in [4.69, 9.17) is 11.0 Å². The second-order valence-corrected chi connectivity index (χ2v) is 9.29. The Balaban J connectivity index is 1.65. The van der Waals surface area contributed by atoms with Gasteiger partial charge in [0.15, 0.2) is 5.16 Å². The fourth-order valence-corrected chi connectivity index (χ4v) is 5.08. The average Bonchev–Trinajstić information content (AvgIpc) is 3.07. The zero-order valence-electron chi connectivity index (χ0n) is 15.6. The Bertz CT molecular complexity index is 1010. The molecule has 2 heterocycles. The third-order valence-corrected chi connectivity index (χ3v) is 7.15. The fraction of sp³-hybridized carbons (Fsp3) is 0.412. The summed E-state index contributed by atoms with van der Waals surface area (Å²) in [5.41, 5.74) is 6.20. The van der Waals surface area contributed by atoms with E-state index >= 15 is 0 Å². The smallest absolute Gasteiger partial charge is 0.244 e. The maximum Gasteiger partial charge on any atom is 0.244 e. The van der Waals surface area contributed by atoms with Crippen LogP contribution in [0.5, 0.6) is 0 Å². The van der Waals surface area contributed by atoms with Crippen LogP contribution >= 0.6 is 11.8 Å². The molecule has 1 aliphatic rings. The summed E-state index contributed by atoms with van der Waals surface area (Å²) in [5.74, 6) is -0.141. The van der Waals surface area contributed by atoms with Gasteiger partial charge in [-0.1, -0.05) is 18.2 Å². The standard InChI is InChI=1S/C17H21N7O3S2/c18-8-11-28-17-22-21-16(19)24(17)12-15(25)20-13-4-6-14(7-5-13)29(26,27)23-9-2-1-3-10-23/h4-7H,1-3,9-12H2,(H2,19,21)(H,20,25). The van der Waals surface area contributed by atoms with Gasteiger partial charge in [0, 0.05) is 18.8 Å². The number of aromatic nitrogens is 3. The summed E-state index contributed by atoms with van der Waals surface area (Å²) in [6.45, 7) is 0.946. The van der Waals surface area contributed by atoms with E-state index in [1.165, 1.54) is 21.0 Å². The third-order valence-electron chi connectivity index (χ3n) is 4.40. The number of carbonyl (C=O) groups is 1. The summed E-state index contributed by atoms with van der Waals surface area (Å²) in [5, 5.41) is 19.3. The van der Waals surface area contributed by atoms with Crippen molar-refractivity contribution in [3.63, 3.8) is 0 Å². The van der Waals surface area contributed by atoms with E-state index in [0.717, 1.165) is 31.0 Å². The van der Waals surface area contributed by atoms with Gasteiger partial charge in [-0.3, -0.25) is 9.36 Å². The zero-order chi connectivity index (χ0) is 20.9. The van der Waals surface area contributed by atoms with Gasteiger partial charge in [0.2, 0.25) is 21.9 Å². The van der Waals surface area contributed by atoms with Crippen molar-refractivity contribution in [3.8, 4) is 6.07 Å². The molecule has 29 heavy (non-hydrogen) atoms. The minimum Gasteiger partial charge on any atom is -0.368 e. The maximum atomic E-state index is 12.7. The number of benzene rings is 1. The molecule has 1 fully saturated rings. The number of nitrogens with one attached hydrogen (secondary N) is 1. The lowest BCUT2D eigenvalue weighted by molar-refractivity contribution is -0.116. The molecule has 3 N–H and O–H groups in total. The second-order valence-electron chi connectivity index (χ2n) is 6.41. The van der Waals surface area contributed by atoms with Crippen LogP contribution in [0, 0.1) is 11.3 Å². The van der Waals surface area contributed by atoms with Crippen LogP contribution in [0.2, 0.25) is 0 Å². The molecule has 10 nitrogen and oxygen atoms in total. The molecule has 0 saturated carbocycles. The molecule has 154 valence electrons. The number of rotatable bonds is 7. The molecule has 0 atom stereocenters. The summed E-state index contributed by atoms with van der Waals surface area (Å²) in [6.07, 6.45) is 2.78. The SMILES string of the molecule is N#CCSc1nnc(N)n1CC(=O)Nc1ccc(S(=O)(=O)N2CCCCC2)cc1. The van der Waals surface area contributed by atoms with Crippen molar-refractivity contribution >= 4 is 39.3 Å². The minimum atomic E-state index is -3.51. The summed E-state index contributed by atoms with van der Waals surface area (Å²) in [6, 6.07) is 8.05. The van der Waals surface area contributed by atoms with Gasteiger partial charge in [0.05, 0.1) is 16.7 Å². The van der Waals surface area contributed by atoms with Gasteiger partial charge < -0.3 is 11.1 Å². The normalized spacial score (nSPS) is 15.0. The minimum absolute atomic E-state index is 0.0727. The largest absolute Gasteiger partial charge is 0.368 e. The lowest BCUT2D eigenvalue weighted by Gasteiger charge is -2.25. The van der Waals surface area contributed by atoms with Crippen molar-refractivity contribution in [2.45, 2.75) is 35.9 Å². The first kappa shape index (κ1) is 21.1. The molecule has 2 aromatic rings. The van der Waals surface area contributed by atoms with Gasteiger partial charge >= 0.3 is 0 Å². The van der Waals surface area contributed by atoms with E-state index in [1.54, 1.807) is 12.1 Å². The Labute approximate surface area is 173 Å². The highest BCUT2D eigenvalue weighted by Crippen LogP contribution is 2.22. The zero-order valence-corrected chi connectivity index (χ0v) is 17.2. The van der Waals surface area contributed by atoms with Gasteiger partial charge in [-0.25, -0.2) is 8.42 Å². The number of piperidine rings is 1. The first-order chi connectivity index (χ1) is 13.9. The lowest BCUT2D eigenvalue weighted by Crippen LogP contribution is -2.35. The first-order valence-corrected chi connectivity index (χ1v) is 11.4. The van der Waals surface area contributed by atoms with Crippen LogP contribution in [0.4, 0.5) is 11.6 Å². The number of nitrogens with two attached hydrogens (primary N) is 1. The Morgan fingerprint density at radius 1 is 1.21 bits per heavy atom. The Morgan fingerprint density at radius 3 is 2.55 bits per heavy atom. The monoisotopic (exact) mass is 435 g/mol. The topological polar surface area (TPSA) is 147 Å². The highest BCUT2D eigenvalue weighted by Gasteiger charge is 2.25. The molecule has 0 bridgehead atoms. The molecule has 1 aromatic carbocycles. The summed E-state index contributed by atoms with van der Waals surface area (Å²) in [7, 11) is -3.51. The number of amides is 1. The van der Waals surface area contributed by atoms with Crippen molar-refractivity contribution in [1.82, 2.24) is 19.1 Å². The van der Waals surface area contributed by atoms with Crippen LogP contribution in [-0.2, 0) is 21.4 Å². The van der Waals surface area contributed by atoms with E-state index in [9.17, 15) is 13.2 Å². The third kappa shape index (κ3) is 5.06. The van der Waals surface area contributed by atoms with E-state index in [0.29, 0.717) is 23.9 Å². The number of nitriles is 1. The number of anilines is 2. The Morgan fingerprint density at radius 2 is 1.90 bits per heavy atom. The van der Waals surface area contributed by atoms with Crippen LogP contribution in [0.1, 0.15) is 19.3 Å². The number of hydrogen-bond acceptors (Lipinski definition) is 8. The molecule has 1 aliphatic heterocycles. The number of nitrogen functional groups attached to an aromatic ring is 1. The molecule has 12 heteroatoms. The van der Waals surface area contributed by atoms with E-state index in [2.05, 4.69) is 15.5 Å². The van der Waals surface area contributed by atoms with E-state index in [-0.39, 0.29) is 29.0 Å². The molecule has 0 radical (unpaired) electrons. The quantitative estimate of drug-likeness (QED) is 0.618. The number of carbonyl (C=O) groups excluding carboxylic acids is 1. The van der Waals surface area contributed by atoms with Crippen molar-refractivity contribution in [3.05, 3.63) is 24.3 Å². The Kier molecular flexibility index (Phi) is 6.73. The Hall–Kier alpha value is -2.62. The molecule has 0 spiro atoms. The fourth-order valence-electron chi connectivity index (χ4n) is 2.96. The number of thioether (sulfide) groups is 1. The summed E-state index contributed by atoms with van der Waals surface area (Å²) >= 11 is 1.13. The summed E-state index contributed by atoms with van der Waals surface area (Å²) < 4.78 is 28.3. The molecule has 1 amide bonds. The van der Waals surface area contributed by atoms with Crippen LogP contribution in [-0.4, -0.2) is 52.2 Å². The molecule has 0 unspecified atom stereocenters. The van der Waals surface area contributed by atoms with Crippen LogP contribution < -0.4 is 11.1 Å². The van der Waals surface area contributed by atoms with E-state index in [1.807, 2.05) is 6.07 Å². The molecule has 1 saturated heterocycles. The molecule has 0 aliphatic carbocycles. The van der Waals surface area contributed by atoms with Crippen LogP contribution in [0.25, 0.3) is 0 Å². The van der Waals surface area contributed by atoms with Crippen molar-refractivity contribution in [2.75, 3.05) is 29.9 Å². The number of sulfonamides is 1. The molecular formula is C17H21N7O3S2.